The SMILES string of the molecule is Cc1cc(Cl)ccc1C(=O)NC1(C#N)CCC(C)CC1. The molecule has 2 rings (SSSR count). The third-order valence-electron chi connectivity index (χ3n) is 4.13. The van der Waals surface area contributed by atoms with Gasteiger partial charge in [0.25, 0.3) is 5.91 Å². The summed E-state index contributed by atoms with van der Waals surface area (Å²) in [6.07, 6.45) is 3.41. The van der Waals surface area contributed by atoms with Crippen molar-refractivity contribution in [2.24, 2.45) is 5.92 Å². The van der Waals surface area contributed by atoms with Crippen LogP contribution < -0.4 is 5.32 Å². The van der Waals surface area contributed by atoms with E-state index < -0.39 is 5.54 Å². The highest BCUT2D eigenvalue weighted by Crippen LogP contribution is 2.31. The van der Waals surface area contributed by atoms with Crippen LogP contribution in [0.1, 0.15) is 48.5 Å². The predicted octanol–water partition coefficient (Wildman–Crippen LogP) is 3.85. The molecule has 0 atom stereocenters. The number of carbonyl (C=O) groups excluding carboxylic acids is 1. The van der Waals surface area contributed by atoms with Crippen LogP contribution in [0.5, 0.6) is 0 Å². The number of benzene rings is 1. The minimum atomic E-state index is -0.713. The Balaban J connectivity index is 2.16. The summed E-state index contributed by atoms with van der Waals surface area (Å²) < 4.78 is 0. The Morgan fingerprint density at radius 1 is 1.45 bits per heavy atom. The lowest BCUT2D eigenvalue weighted by Gasteiger charge is -2.34. The van der Waals surface area contributed by atoms with Gasteiger partial charge in [-0.25, -0.2) is 0 Å². The maximum atomic E-state index is 12.4. The molecule has 0 radical (unpaired) electrons. The van der Waals surface area contributed by atoms with E-state index in [0.717, 1.165) is 31.2 Å². The molecule has 0 heterocycles. The van der Waals surface area contributed by atoms with Crippen LogP contribution in [0.2, 0.25) is 5.02 Å². The molecule has 0 aliphatic heterocycles. The molecule has 1 saturated carbocycles. The molecular formula is C16H19ClN2O. The number of halogens is 1. The number of rotatable bonds is 2. The molecule has 20 heavy (non-hydrogen) atoms. The van der Waals surface area contributed by atoms with E-state index in [1.54, 1.807) is 18.2 Å². The Morgan fingerprint density at radius 2 is 2.10 bits per heavy atom. The zero-order valence-corrected chi connectivity index (χ0v) is 12.6. The van der Waals surface area contributed by atoms with E-state index in [9.17, 15) is 10.1 Å². The number of amides is 1. The van der Waals surface area contributed by atoms with Gasteiger partial charge in [-0.3, -0.25) is 4.79 Å². The van der Waals surface area contributed by atoms with Gasteiger partial charge in [-0.05, 0) is 62.3 Å². The molecule has 106 valence electrons. The standard InChI is InChI=1S/C16H19ClN2O/c1-11-5-7-16(10-18,8-6-11)19-15(20)14-4-3-13(17)9-12(14)2/h3-4,9,11H,5-8H2,1-2H3,(H,19,20). The quantitative estimate of drug-likeness (QED) is 0.899. The monoisotopic (exact) mass is 290 g/mol. The van der Waals surface area contributed by atoms with Crippen LogP contribution >= 0.6 is 11.6 Å². The minimum absolute atomic E-state index is 0.185. The average molecular weight is 291 g/mol. The molecule has 1 aromatic rings. The topological polar surface area (TPSA) is 52.9 Å². The molecule has 0 aromatic heterocycles. The van der Waals surface area contributed by atoms with Gasteiger partial charge in [0, 0.05) is 10.6 Å². The molecule has 0 saturated heterocycles. The Labute approximate surface area is 124 Å². The molecule has 0 spiro atoms. The van der Waals surface area contributed by atoms with Crippen LogP contribution in [0.3, 0.4) is 0 Å². The van der Waals surface area contributed by atoms with Crippen LogP contribution in [0.4, 0.5) is 0 Å². The molecular weight excluding hydrogens is 272 g/mol. The molecule has 3 nitrogen and oxygen atoms in total. The van der Waals surface area contributed by atoms with Crippen LogP contribution in [0, 0.1) is 24.2 Å². The molecule has 1 aliphatic rings. The number of nitriles is 1. The average Bonchev–Trinajstić information content (AvgIpc) is 2.41. The van der Waals surface area contributed by atoms with Gasteiger partial charge in [-0.1, -0.05) is 18.5 Å². The van der Waals surface area contributed by atoms with E-state index in [0.29, 0.717) is 16.5 Å². The largest absolute Gasteiger partial charge is 0.334 e. The second kappa shape index (κ2) is 5.85. The summed E-state index contributed by atoms with van der Waals surface area (Å²) in [7, 11) is 0. The lowest BCUT2D eigenvalue weighted by molar-refractivity contribution is 0.0893. The summed E-state index contributed by atoms with van der Waals surface area (Å²) in [5.74, 6) is 0.445. The molecule has 4 heteroatoms. The first kappa shape index (κ1) is 14.9. The normalized spacial score (nSPS) is 25.8. The maximum Gasteiger partial charge on any atom is 0.252 e. The summed E-state index contributed by atoms with van der Waals surface area (Å²) in [6, 6.07) is 7.49. The van der Waals surface area contributed by atoms with E-state index in [4.69, 9.17) is 11.6 Å². The molecule has 1 fully saturated rings. The first-order chi connectivity index (χ1) is 9.46. The highest BCUT2D eigenvalue weighted by atomic mass is 35.5. The van der Waals surface area contributed by atoms with Gasteiger partial charge in [0.1, 0.15) is 5.54 Å². The van der Waals surface area contributed by atoms with Gasteiger partial charge in [-0.15, -0.1) is 0 Å². The number of carbonyl (C=O) groups is 1. The molecule has 0 bridgehead atoms. The third-order valence-corrected chi connectivity index (χ3v) is 4.36. The Hall–Kier alpha value is -1.53. The third kappa shape index (κ3) is 3.13. The molecule has 1 aromatic carbocycles. The van der Waals surface area contributed by atoms with Crippen molar-refractivity contribution >= 4 is 17.5 Å². The number of nitrogens with zero attached hydrogens (tertiary/aromatic N) is 1. The van der Waals surface area contributed by atoms with Gasteiger partial charge in [0.2, 0.25) is 0 Å². The van der Waals surface area contributed by atoms with Gasteiger partial charge < -0.3 is 5.32 Å². The summed E-state index contributed by atoms with van der Waals surface area (Å²) in [6.45, 7) is 4.04. The number of hydrogen-bond acceptors (Lipinski definition) is 2. The second-order valence-corrected chi connectivity index (χ2v) is 6.23. The highest BCUT2D eigenvalue weighted by Gasteiger charge is 2.36. The zero-order valence-electron chi connectivity index (χ0n) is 11.9. The fourth-order valence-electron chi connectivity index (χ4n) is 2.69. The maximum absolute atomic E-state index is 12.4. The fraction of sp³-hybridized carbons (Fsp3) is 0.500. The first-order valence-corrected chi connectivity index (χ1v) is 7.33. The first-order valence-electron chi connectivity index (χ1n) is 6.96. The van der Waals surface area contributed by atoms with Crippen molar-refractivity contribution < 1.29 is 4.79 Å². The molecule has 1 amide bonds. The predicted molar refractivity (Wildman–Crippen MR) is 79.6 cm³/mol. The molecule has 1 N–H and O–H groups in total. The van der Waals surface area contributed by atoms with Crippen molar-refractivity contribution in [3.8, 4) is 6.07 Å². The summed E-state index contributed by atoms with van der Waals surface area (Å²) >= 11 is 5.90. The fourth-order valence-corrected chi connectivity index (χ4v) is 2.91. The van der Waals surface area contributed by atoms with Gasteiger partial charge in [-0.2, -0.15) is 5.26 Å². The lowest BCUT2D eigenvalue weighted by Crippen LogP contribution is -2.49. The van der Waals surface area contributed by atoms with Crippen LogP contribution in [0.15, 0.2) is 18.2 Å². The van der Waals surface area contributed by atoms with Crippen molar-refractivity contribution in [2.45, 2.75) is 45.1 Å². The van der Waals surface area contributed by atoms with Crippen molar-refractivity contribution in [3.63, 3.8) is 0 Å². The van der Waals surface area contributed by atoms with Crippen molar-refractivity contribution in [2.75, 3.05) is 0 Å². The Kier molecular flexibility index (Phi) is 4.35. The van der Waals surface area contributed by atoms with Crippen LogP contribution in [-0.4, -0.2) is 11.4 Å². The summed E-state index contributed by atoms with van der Waals surface area (Å²) in [5, 5.41) is 13.0. The minimum Gasteiger partial charge on any atom is -0.334 e. The summed E-state index contributed by atoms with van der Waals surface area (Å²) in [5.41, 5.74) is 0.699. The second-order valence-electron chi connectivity index (χ2n) is 5.79. The zero-order chi connectivity index (χ0) is 14.8. The van der Waals surface area contributed by atoms with E-state index in [1.165, 1.54) is 0 Å². The van der Waals surface area contributed by atoms with Gasteiger partial charge in [0.15, 0.2) is 0 Å². The number of nitrogens with one attached hydrogen (secondary N) is 1. The van der Waals surface area contributed by atoms with E-state index in [-0.39, 0.29) is 5.91 Å². The van der Waals surface area contributed by atoms with Gasteiger partial charge in [0.05, 0.1) is 6.07 Å². The van der Waals surface area contributed by atoms with Crippen LogP contribution in [0.25, 0.3) is 0 Å². The Bertz CT molecular complexity index is 554. The van der Waals surface area contributed by atoms with E-state index in [1.807, 2.05) is 6.92 Å². The van der Waals surface area contributed by atoms with Gasteiger partial charge >= 0.3 is 0 Å². The van der Waals surface area contributed by atoms with E-state index >= 15 is 0 Å². The lowest BCUT2D eigenvalue weighted by atomic mass is 9.78. The molecule has 1 aliphatic carbocycles. The molecule has 0 unspecified atom stereocenters. The smallest absolute Gasteiger partial charge is 0.252 e. The van der Waals surface area contributed by atoms with Crippen molar-refractivity contribution in [1.29, 1.82) is 5.26 Å². The van der Waals surface area contributed by atoms with E-state index in [2.05, 4.69) is 18.3 Å². The van der Waals surface area contributed by atoms with Crippen LogP contribution in [-0.2, 0) is 0 Å². The van der Waals surface area contributed by atoms with Crippen molar-refractivity contribution in [3.05, 3.63) is 34.3 Å². The Morgan fingerprint density at radius 3 is 2.65 bits per heavy atom. The highest BCUT2D eigenvalue weighted by molar-refractivity contribution is 6.30. The summed E-state index contributed by atoms with van der Waals surface area (Å²) in [4.78, 5) is 12.4. The van der Waals surface area contributed by atoms with Crippen molar-refractivity contribution in [1.82, 2.24) is 5.32 Å². The number of aryl methyl sites for hydroxylation is 1. The number of hydrogen-bond donors (Lipinski definition) is 1.